The smallest absolute Gasteiger partial charge is 0.227 e. The summed E-state index contributed by atoms with van der Waals surface area (Å²) < 4.78 is 2.13. The van der Waals surface area contributed by atoms with Crippen LogP contribution in [0.5, 0.6) is 0 Å². The number of amides is 1. The van der Waals surface area contributed by atoms with Crippen molar-refractivity contribution in [3.05, 3.63) is 60.4 Å². The van der Waals surface area contributed by atoms with Gasteiger partial charge in [0.05, 0.1) is 5.69 Å². The number of rotatable bonds is 3. The summed E-state index contributed by atoms with van der Waals surface area (Å²) in [6, 6.07) is 14.7. The summed E-state index contributed by atoms with van der Waals surface area (Å²) in [5.74, 6) is 0.235. The van der Waals surface area contributed by atoms with Gasteiger partial charge in [-0.1, -0.05) is 30.3 Å². The fourth-order valence-electron chi connectivity index (χ4n) is 2.74. The molecule has 0 radical (unpaired) electrons. The molecule has 2 heterocycles. The standard InChI is InChI=1S/C17H19N2O/c1-14-7-8-17(20)19(14)16-9-11-18(12-10-16)13-15-5-3-2-4-6-15/h2-6,9-12,14H,7-8,13H2,1H3/q+1. The van der Waals surface area contributed by atoms with Crippen molar-refractivity contribution in [2.75, 3.05) is 4.90 Å². The van der Waals surface area contributed by atoms with Crippen molar-refractivity contribution < 1.29 is 9.36 Å². The van der Waals surface area contributed by atoms with Gasteiger partial charge in [0.15, 0.2) is 18.9 Å². The highest BCUT2D eigenvalue weighted by atomic mass is 16.2. The summed E-state index contributed by atoms with van der Waals surface area (Å²) >= 11 is 0. The van der Waals surface area contributed by atoms with Crippen LogP contribution in [0.4, 0.5) is 5.69 Å². The third-order valence-corrected chi connectivity index (χ3v) is 3.85. The van der Waals surface area contributed by atoms with E-state index in [1.807, 2.05) is 35.5 Å². The quantitative estimate of drug-likeness (QED) is 0.784. The van der Waals surface area contributed by atoms with Crippen molar-refractivity contribution in [2.24, 2.45) is 0 Å². The Bertz CT molecular complexity index is 592. The minimum Gasteiger partial charge on any atom is -0.309 e. The molecular formula is C17H19N2O+. The molecule has 1 aromatic heterocycles. The Morgan fingerprint density at radius 1 is 1.15 bits per heavy atom. The molecule has 1 aliphatic rings. The Balaban J connectivity index is 1.76. The second-order valence-electron chi connectivity index (χ2n) is 5.37. The summed E-state index contributed by atoms with van der Waals surface area (Å²) in [6.07, 6.45) is 5.71. The number of hydrogen-bond acceptors (Lipinski definition) is 1. The number of hydrogen-bond donors (Lipinski definition) is 0. The van der Waals surface area contributed by atoms with E-state index in [0.29, 0.717) is 12.5 Å². The number of aromatic nitrogens is 1. The molecular weight excluding hydrogens is 248 g/mol. The summed E-state index contributed by atoms with van der Waals surface area (Å²) in [5, 5.41) is 0. The summed E-state index contributed by atoms with van der Waals surface area (Å²) in [5.41, 5.74) is 2.28. The van der Waals surface area contributed by atoms with Gasteiger partial charge in [0.2, 0.25) is 5.91 Å². The van der Waals surface area contributed by atoms with E-state index < -0.39 is 0 Å². The zero-order valence-corrected chi connectivity index (χ0v) is 11.7. The number of carbonyl (C=O) groups excluding carboxylic acids is 1. The van der Waals surface area contributed by atoms with Gasteiger partial charge in [-0.15, -0.1) is 0 Å². The highest BCUT2D eigenvalue weighted by Crippen LogP contribution is 2.25. The highest BCUT2D eigenvalue weighted by molar-refractivity contribution is 5.95. The van der Waals surface area contributed by atoms with Crippen molar-refractivity contribution in [3.8, 4) is 0 Å². The van der Waals surface area contributed by atoms with E-state index >= 15 is 0 Å². The fourth-order valence-corrected chi connectivity index (χ4v) is 2.74. The van der Waals surface area contributed by atoms with Crippen LogP contribution >= 0.6 is 0 Å². The number of carbonyl (C=O) groups is 1. The van der Waals surface area contributed by atoms with E-state index in [1.165, 1.54) is 5.56 Å². The third-order valence-electron chi connectivity index (χ3n) is 3.85. The maximum atomic E-state index is 11.9. The first-order valence-corrected chi connectivity index (χ1v) is 7.09. The minimum atomic E-state index is 0.235. The lowest BCUT2D eigenvalue weighted by Gasteiger charge is -2.20. The predicted molar refractivity (Wildman–Crippen MR) is 78.4 cm³/mol. The van der Waals surface area contributed by atoms with Crippen LogP contribution in [0.25, 0.3) is 0 Å². The van der Waals surface area contributed by atoms with E-state index in [0.717, 1.165) is 18.7 Å². The first kappa shape index (κ1) is 12.9. The van der Waals surface area contributed by atoms with Crippen LogP contribution in [-0.4, -0.2) is 11.9 Å². The van der Waals surface area contributed by atoms with Gasteiger partial charge in [-0.2, -0.15) is 0 Å². The first-order valence-electron chi connectivity index (χ1n) is 7.09. The summed E-state index contributed by atoms with van der Waals surface area (Å²) in [7, 11) is 0. The SMILES string of the molecule is CC1CCC(=O)N1c1cc[n+](Cc2ccccc2)cc1. The second kappa shape index (κ2) is 5.45. The average Bonchev–Trinajstić information content (AvgIpc) is 2.81. The normalized spacial score (nSPS) is 18.6. The van der Waals surface area contributed by atoms with Crippen molar-refractivity contribution in [2.45, 2.75) is 32.4 Å². The van der Waals surface area contributed by atoms with Gasteiger partial charge in [-0.05, 0) is 13.3 Å². The maximum Gasteiger partial charge on any atom is 0.227 e. The molecule has 1 fully saturated rings. The molecule has 3 heteroatoms. The molecule has 0 spiro atoms. The lowest BCUT2D eigenvalue weighted by molar-refractivity contribution is -0.688. The molecule has 2 aromatic rings. The molecule has 3 rings (SSSR count). The lowest BCUT2D eigenvalue weighted by atomic mass is 10.2. The van der Waals surface area contributed by atoms with Crippen LogP contribution in [0.1, 0.15) is 25.3 Å². The van der Waals surface area contributed by atoms with Gasteiger partial charge in [-0.25, -0.2) is 4.57 Å². The topological polar surface area (TPSA) is 24.2 Å². The highest BCUT2D eigenvalue weighted by Gasteiger charge is 2.29. The molecule has 1 amide bonds. The van der Waals surface area contributed by atoms with E-state index in [9.17, 15) is 4.79 Å². The zero-order valence-electron chi connectivity index (χ0n) is 11.7. The lowest BCUT2D eigenvalue weighted by Crippen LogP contribution is -2.35. The van der Waals surface area contributed by atoms with Crippen LogP contribution in [0.15, 0.2) is 54.9 Å². The van der Waals surface area contributed by atoms with E-state index in [2.05, 4.69) is 35.8 Å². The Hall–Kier alpha value is -2.16. The van der Waals surface area contributed by atoms with Crippen LogP contribution in [0.3, 0.4) is 0 Å². The van der Waals surface area contributed by atoms with Crippen LogP contribution in [-0.2, 0) is 11.3 Å². The molecule has 0 N–H and O–H groups in total. The first-order chi connectivity index (χ1) is 9.74. The molecule has 1 aliphatic heterocycles. The van der Waals surface area contributed by atoms with E-state index in [1.54, 1.807) is 0 Å². The average molecular weight is 267 g/mol. The number of pyridine rings is 1. The van der Waals surface area contributed by atoms with Crippen molar-refractivity contribution in [1.82, 2.24) is 0 Å². The molecule has 0 bridgehead atoms. The van der Waals surface area contributed by atoms with E-state index in [-0.39, 0.29) is 5.91 Å². The van der Waals surface area contributed by atoms with Crippen molar-refractivity contribution in [1.29, 1.82) is 0 Å². The van der Waals surface area contributed by atoms with Crippen LogP contribution in [0, 0.1) is 0 Å². The van der Waals surface area contributed by atoms with Crippen LogP contribution in [0.2, 0.25) is 0 Å². The maximum absolute atomic E-state index is 11.9. The monoisotopic (exact) mass is 267 g/mol. The molecule has 102 valence electrons. The molecule has 1 saturated heterocycles. The van der Waals surface area contributed by atoms with Crippen molar-refractivity contribution in [3.63, 3.8) is 0 Å². The van der Waals surface area contributed by atoms with E-state index in [4.69, 9.17) is 0 Å². The number of anilines is 1. The summed E-state index contributed by atoms with van der Waals surface area (Å²) in [6.45, 7) is 2.96. The fraction of sp³-hybridized carbons (Fsp3) is 0.294. The summed E-state index contributed by atoms with van der Waals surface area (Å²) in [4.78, 5) is 13.8. The molecule has 3 nitrogen and oxygen atoms in total. The molecule has 0 aliphatic carbocycles. The Labute approximate surface area is 119 Å². The Morgan fingerprint density at radius 3 is 2.45 bits per heavy atom. The molecule has 1 atom stereocenters. The Morgan fingerprint density at radius 2 is 1.85 bits per heavy atom. The molecule has 0 saturated carbocycles. The van der Waals surface area contributed by atoms with Gasteiger partial charge in [0, 0.05) is 30.2 Å². The van der Waals surface area contributed by atoms with Gasteiger partial charge < -0.3 is 4.90 Å². The Kier molecular flexibility index (Phi) is 3.50. The van der Waals surface area contributed by atoms with Gasteiger partial charge in [-0.3, -0.25) is 4.79 Å². The number of benzene rings is 1. The third kappa shape index (κ3) is 2.57. The van der Waals surface area contributed by atoms with Crippen LogP contribution < -0.4 is 9.47 Å². The zero-order chi connectivity index (χ0) is 13.9. The molecule has 20 heavy (non-hydrogen) atoms. The number of nitrogens with zero attached hydrogens (tertiary/aromatic N) is 2. The van der Waals surface area contributed by atoms with Gasteiger partial charge in [0.1, 0.15) is 0 Å². The molecule has 1 aromatic carbocycles. The minimum absolute atomic E-state index is 0.235. The largest absolute Gasteiger partial charge is 0.309 e. The second-order valence-corrected chi connectivity index (χ2v) is 5.37. The molecule has 1 unspecified atom stereocenters. The van der Waals surface area contributed by atoms with Gasteiger partial charge >= 0.3 is 0 Å². The van der Waals surface area contributed by atoms with Gasteiger partial charge in [0.25, 0.3) is 0 Å². The predicted octanol–water partition coefficient (Wildman–Crippen LogP) is 2.54. The van der Waals surface area contributed by atoms with Crippen molar-refractivity contribution >= 4 is 11.6 Å².